The smallest absolute Gasteiger partial charge is 0.274 e. The van der Waals surface area contributed by atoms with Crippen molar-refractivity contribution in [2.75, 3.05) is 0 Å². The molecule has 0 heterocycles. The number of hydrogen-bond acceptors (Lipinski definition) is 7. The number of aliphatic carboxylic acids is 2. The molecule has 0 aliphatic heterocycles. The molecule has 0 fully saturated rings. The van der Waals surface area contributed by atoms with Gasteiger partial charge >= 0.3 is 0 Å². The third kappa shape index (κ3) is 2.48. The monoisotopic (exact) mass is 251 g/mol. The van der Waals surface area contributed by atoms with E-state index in [1.807, 2.05) is 0 Å². The number of nitrogens with zero attached hydrogens (tertiary/aromatic N) is 1. The molecule has 0 bridgehead atoms. The van der Waals surface area contributed by atoms with Gasteiger partial charge in [0.15, 0.2) is 0 Å². The Balaban J connectivity index is 3.47. The summed E-state index contributed by atoms with van der Waals surface area (Å²) in [6.45, 7) is 0. The minimum Gasteiger partial charge on any atom is -0.549 e. The topological polar surface area (TPSA) is 140 Å². The van der Waals surface area contributed by atoms with Gasteiger partial charge in [0.1, 0.15) is 6.29 Å². The van der Waals surface area contributed by atoms with Crippen LogP contribution in [0, 0.1) is 10.1 Å². The molecule has 1 rings (SSSR count). The summed E-state index contributed by atoms with van der Waals surface area (Å²) >= 11 is 0. The van der Waals surface area contributed by atoms with Crippen LogP contribution in [0.4, 0.5) is 5.69 Å². The molecule has 0 aliphatic carbocycles. The number of carbonyl (C=O) groups is 3. The molecule has 0 spiro atoms. The van der Waals surface area contributed by atoms with Gasteiger partial charge in [0, 0.05) is 17.2 Å². The average Bonchev–Trinajstić information content (AvgIpc) is 2.28. The standard InChI is InChI=1S/C10H7NO7/c12-4-5-1-2-6(7(3-5)11(17)18)8(9(13)14)10(15)16/h1-4,8H,(H,13,14)(H,15,16)/p-2. The van der Waals surface area contributed by atoms with Crippen molar-refractivity contribution < 1.29 is 29.5 Å². The molecule has 0 unspecified atom stereocenters. The van der Waals surface area contributed by atoms with E-state index in [1.165, 1.54) is 0 Å². The average molecular weight is 251 g/mol. The fourth-order valence-electron chi connectivity index (χ4n) is 1.39. The number of nitro benzene ring substituents is 1. The van der Waals surface area contributed by atoms with Gasteiger partial charge in [-0.05, 0) is 0 Å². The van der Waals surface area contributed by atoms with Crippen molar-refractivity contribution in [3.05, 3.63) is 39.4 Å². The van der Waals surface area contributed by atoms with Crippen LogP contribution in [0.1, 0.15) is 21.8 Å². The molecule has 8 nitrogen and oxygen atoms in total. The molecule has 8 heteroatoms. The number of benzene rings is 1. The summed E-state index contributed by atoms with van der Waals surface area (Å²) < 4.78 is 0. The van der Waals surface area contributed by atoms with E-state index in [1.54, 1.807) is 0 Å². The predicted octanol–water partition coefficient (Wildman–Crippen LogP) is -2.01. The van der Waals surface area contributed by atoms with Crippen LogP contribution in [-0.4, -0.2) is 23.1 Å². The van der Waals surface area contributed by atoms with Crippen molar-refractivity contribution in [2.24, 2.45) is 0 Å². The van der Waals surface area contributed by atoms with Crippen molar-refractivity contribution in [2.45, 2.75) is 5.92 Å². The van der Waals surface area contributed by atoms with E-state index in [0.29, 0.717) is 6.29 Å². The van der Waals surface area contributed by atoms with E-state index >= 15 is 0 Å². The Hall–Kier alpha value is -2.77. The molecule has 0 saturated carbocycles. The Morgan fingerprint density at radius 2 is 1.78 bits per heavy atom. The van der Waals surface area contributed by atoms with Crippen LogP contribution in [0.3, 0.4) is 0 Å². The Morgan fingerprint density at radius 1 is 1.22 bits per heavy atom. The van der Waals surface area contributed by atoms with Crippen molar-refractivity contribution >= 4 is 23.9 Å². The number of nitro groups is 1. The Morgan fingerprint density at radius 3 is 2.17 bits per heavy atom. The van der Waals surface area contributed by atoms with Gasteiger partial charge in [0.2, 0.25) is 0 Å². The first-order valence-electron chi connectivity index (χ1n) is 4.53. The Labute approximate surface area is 99.6 Å². The van der Waals surface area contributed by atoms with Crippen LogP contribution in [-0.2, 0) is 9.59 Å². The zero-order chi connectivity index (χ0) is 13.9. The summed E-state index contributed by atoms with van der Waals surface area (Å²) in [4.78, 5) is 41.5. The highest BCUT2D eigenvalue weighted by molar-refractivity contribution is 5.98. The molecule has 1 aromatic rings. The highest BCUT2D eigenvalue weighted by Crippen LogP contribution is 2.27. The first-order valence-corrected chi connectivity index (χ1v) is 4.53. The van der Waals surface area contributed by atoms with Crippen molar-refractivity contribution in [3.63, 3.8) is 0 Å². The third-order valence-electron chi connectivity index (χ3n) is 2.17. The SMILES string of the molecule is O=Cc1ccc(C(C(=O)[O-])C(=O)[O-])c([N+](=O)[O-])c1. The van der Waals surface area contributed by atoms with Gasteiger partial charge in [-0.1, -0.05) is 12.1 Å². The lowest BCUT2D eigenvalue weighted by Gasteiger charge is -2.19. The van der Waals surface area contributed by atoms with Crippen molar-refractivity contribution in [1.29, 1.82) is 0 Å². The molecule has 0 aromatic heterocycles. The predicted molar refractivity (Wildman–Crippen MR) is 51.2 cm³/mol. The highest BCUT2D eigenvalue weighted by atomic mass is 16.6. The van der Waals surface area contributed by atoms with Crippen molar-refractivity contribution in [1.82, 2.24) is 0 Å². The summed E-state index contributed by atoms with van der Waals surface area (Å²) in [5.41, 5.74) is -1.48. The lowest BCUT2D eigenvalue weighted by molar-refractivity contribution is -0.386. The van der Waals surface area contributed by atoms with Gasteiger partial charge < -0.3 is 19.8 Å². The lowest BCUT2D eigenvalue weighted by Crippen LogP contribution is -2.41. The van der Waals surface area contributed by atoms with Gasteiger partial charge in [-0.15, -0.1) is 0 Å². The molecule has 0 N–H and O–H groups in total. The number of hydrogen-bond donors (Lipinski definition) is 0. The van der Waals surface area contributed by atoms with Crippen LogP contribution < -0.4 is 10.2 Å². The third-order valence-corrected chi connectivity index (χ3v) is 2.17. The second-order valence-electron chi connectivity index (χ2n) is 3.26. The normalized spacial score (nSPS) is 10.1. The summed E-state index contributed by atoms with van der Waals surface area (Å²) in [5.74, 6) is -6.33. The second kappa shape index (κ2) is 5.04. The molecular formula is C10H5NO7-2. The zero-order valence-electron chi connectivity index (χ0n) is 8.69. The number of rotatable bonds is 5. The van der Waals surface area contributed by atoms with E-state index in [4.69, 9.17) is 0 Å². The van der Waals surface area contributed by atoms with Crippen LogP contribution in [0.5, 0.6) is 0 Å². The summed E-state index contributed by atoms with van der Waals surface area (Å²) in [5, 5.41) is 32.0. The Kier molecular flexibility index (Phi) is 3.72. The maximum Gasteiger partial charge on any atom is 0.274 e. The van der Waals surface area contributed by atoms with Crippen LogP contribution >= 0.6 is 0 Å². The molecule has 1 aromatic carbocycles. The molecule has 18 heavy (non-hydrogen) atoms. The van der Waals surface area contributed by atoms with E-state index in [-0.39, 0.29) is 5.56 Å². The van der Waals surface area contributed by atoms with E-state index in [9.17, 15) is 34.7 Å². The van der Waals surface area contributed by atoms with E-state index in [0.717, 1.165) is 18.2 Å². The summed E-state index contributed by atoms with van der Waals surface area (Å²) in [6, 6.07) is 2.72. The molecule has 0 radical (unpaired) electrons. The molecule has 94 valence electrons. The first kappa shape index (κ1) is 13.3. The van der Waals surface area contributed by atoms with Crippen molar-refractivity contribution in [3.8, 4) is 0 Å². The lowest BCUT2D eigenvalue weighted by atomic mass is 9.96. The molecular weight excluding hydrogens is 246 g/mol. The zero-order valence-corrected chi connectivity index (χ0v) is 8.69. The van der Waals surface area contributed by atoms with E-state index < -0.39 is 34.0 Å². The maximum atomic E-state index is 10.7. The van der Waals surface area contributed by atoms with Gasteiger partial charge in [-0.25, -0.2) is 0 Å². The number of carboxylic acid groups (broad SMARTS) is 2. The number of aldehydes is 1. The minimum absolute atomic E-state index is 0.0825. The minimum atomic E-state index is -2.27. The number of carbonyl (C=O) groups excluding carboxylic acids is 3. The molecule has 0 amide bonds. The fraction of sp³-hybridized carbons (Fsp3) is 0.100. The van der Waals surface area contributed by atoms with Gasteiger partial charge in [0.05, 0.1) is 22.8 Å². The molecule has 0 atom stereocenters. The largest absolute Gasteiger partial charge is 0.549 e. The first-order chi connectivity index (χ1) is 8.38. The molecule has 0 aliphatic rings. The summed E-state index contributed by atoms with van der Waals surface area (Å²) in [6.07, 6.45) is 0.309. The van der Waals surface area contributed by atoms with Gasteiger partial charge in [-0.2, -0.15) is 0 Å². The summed E-state index contributed by atoms with van der Waals surface area (Å²) in [7, 11) is 0. The fourth-order valence-corrected chi connectivity index (χ4v) is 1.39. The van der Waals surface area contributed by atoms with Crippen LogP contribution in [0.2, 0.25) is 0 Å². The van der Waals surface area contributed by atoms with Crippen LogP contribution in [0.25, 0.3) is 0 Å². The van der Waals surface area contributed by atoms with Crippen LogP contribution in [0.15, 0.2) is 18.2 Å². The highest BCUT2D eigenvalue weighted by Gasteiger charge is 2.24. The Bertz CT molecular complexity index is 523. The second-order valence-corrected chi connectivity index (χ2v) is 3.26. The van der Waals surface area contributed by atoms with E-state index in [2.05, 4.69) is 0 Å². The van der Waals surface area contributed by atoms with Gasteiger partial charge in [0.25, 0.3) is 5.69 Å². The number of carboxylic acids is 2. The quantitative estimate of drug-likeness (QED) is 0.255. The van der Waals surface area contributed by atoms with Gasteiger partial charge in [-0.3, -0.25) is 14.9 Å². The maximum absolute atomic E-state index is 10.7. The molecule has 0 saturated heterocycles.